The zero-order valence-electron chi connectivity index (χ0n) is 20.8. The number of hydrogen-bond acceptors (Lipinski definition) is 7. The summed E-state index contributed by atoms with van der Waals surface area (Å²) in [5.41, 5.74) is 4.84. The van der Waals surface area contributed by atoms with Crippen molar-refractivity contribution in [2.75, 3.05) is 6.61 Å². The molecule has 0 saturated carbocycles. The Morgan fingerprint density at radius 1 is 0.868 bits per heavy atom. The van der Waals surface area contributed by atoms with Crippen LogP contribution in [-0.4, -0.2) is 41.0 Å². The Labute approximate surface area is 220 Å². The normalized spacial score (nSPS) is 20.8. The standard InChI is InChI=1S/C29H28N2O7/c1-2-36-26(33)29(18-23(30)32)27(34)38-25(22-16-10-5-11-17-22)24(21-14-8-4-9-15-21)31(29)28(35)37-19-20-12-6-3-7-13-20/h3-17,24-25H,2,18-19H2,1H3,(H2,30,32)/t24-,25+,29-/m0/s1. The molecule has 1 fully saturated rings. The highest BCUT2D eigenvalue weighted by atomic mass is 16.6. The molecule has 9 nitrogen and oxygen atoms in total. The molecule has 2 amide bonds. The van der Waals surface area contributed by atoms with Gasteiger partial charge in [-0.15, -0.1) is 0 Å². The zero-order valence-corrected chi connectivity index (χ0v) is 20.8. The number of nitrogens with zero attached hydrogens (tertiary/aromatic N) is 1. The van der Waals surface area contributed by atoms with E-state index in [2.05, 4.69) is 0 Å². The molecule has 3 aromatic rings. The molecule has 0 unspecified atom stereocenters. The maximum atomic E-state index is 13.9. The van der Waals surface area contributed by atoms with Gasteiger partial charge in [-0.25, -0.2) is 14.4 Å². The predicted molar refractivity (Wildman–Crippen MR) is 136 cm³/mol. The van der Waals surface area contributed by atoms with Crippen molar-refractivity contribution in [2.45, 2.75) is 37.6 Å². The summed E-state index contributed by atoms with van der Waals surface area (Å²) < 4.78 is 16.7. The molecule has 0 aliphatic carbocycles. The first-order chi connectivity index (χ1) is 18.4. The van der Waals surface area contributed by atoms with Crippen molar-refractivity contribution in [3.05, 3.63) is 108 Å². The van der Waals surface area contributed by atoms with Gasteiger partial charge in [-0.3, -0.25) is 9.69 Å². The van der Waals surface area contributed by atoms with Gasteiger partial charge in [-0.1, -0.05) is 91.0 Å². The number of nitrogens with two attached hydrogens (primary N) is 1. The molecule has 0 bridgehead atoms. The second-order valence-electron chi connectivity index (χ2n) is 8.73. The van der Waals surface area contributed by atoms with Gasteiger partial charge in [-0.2, -0.15) is 0 Å². The minimum absolute atomic E-state index is 0.113. The highest BCUT2D eigenvalue weighted by Gasteiger charge is 2.64. The quantitative estimate of drug-likeness (QED) is 0.274. The number of ether oxygens (including phenoxy) is 3. The summed E-state index contributed by atoms with van der Waals surface area (Å²) in [4.78, 5) is 54.4. The molecule has 1 aliphatic rings. The number of benzene rings is 3. The van der Waals surface area contributed by atoms with Gasteiger partial charge < -0.3 is 19.9 Å². The average molecular weight is 517 g/mol. The monoisotopic (exact) mass is 516 g/mol. The lowest BCUT2D eigenvalue weighted by molar-refractivity contribution is -0.199. The molecular weight excluding hydrogens is 488 g/mol. The van der Waals surface area contributed by atoms with Crippen molar-refractivity contribution in [3.8, 4) is 0 Å². The second kappa shape index (κ2) is 11.6. The fraction of sp³-hybridized carbons (Fsp3) is 0.241. The summed E-state index contributed by atoms with van der Waals surface area (Å²) in [5, 5.41) is 0. The fourth-order valence-electron chi connectivity index (χ4n) is 4.59. The average Bonchev–Trinajstić information content (AvgIpc) is 2.93. The van der Waals surface area contributed by atoms with Crippen LogP contribution in [0.2, 0.25) is 0 Å². The number of hydrogen-bond donors (Lipinski definition) is 1. The molecule has 1 saturated heterocycles. The fourth-order valence-corrected chi connectivity index (χ4v) is 4.59. The lowest BCUT2D eigenvalue weighted by Gasteiger charge is -2.49. The van der Waals surface area contributed by atoms with Crippen molar-refractivity contribution in [1.82, 2.24) is 4.90 Å². The van der Waals surface area contributed by atoms with Crippen LogP contribution in [0.1, 0.15) is 42.2 Å². The van der Waals surface area contributed by atoms with Gasteiger partial charge >= 0.3 is 18.0 Å². The third-order valence-electron chi connectivity index (χ3n) is 6.26. The molecule has 196 valence electrons. The Morgan fingerprint density at radius 2 is 1.42 bits per heavy atom. The first-order valence-corrected chi connectivity index (χ1v) is 12.1. The number of carbonyl (C=O) groups is 4. The van der Waals surface area contributed by atoms with E-state index >= 15 is 0 Å². The van der Waals surface area contributed by atoms with Crippen LogP contribution in [0.25, 0.3) is 0 Å². The lowest BCUT2D eigenvalue weighted by atomic mass is 9.83. The number of morpholine rings is 1. The van der Waals surface area contributed by atoms with E-state index in [0.717, 1.165) is 4.90 Å². The summed E-state index contributed by atoms with van der Waals surface area (Å²) in [6.07, 6.45) is -2.88. The highest BCUT2D eigenvalue weighted by molar-refractivity contribution is 6.11. The van der Waals surface area contributed by atoms with E-state index in [1.54, 1.807) is 91.9 Å². The predicted octanol–water partition coefficient (Wildman–Crippen LogP) is 3.84. The van der Waals surface area contributed by atoms with Gasteiger partial charge in [0.05, 0.1) is 13.0 Å². The molecule has 3 aromatic carbocycles. The highest BCUT2D eigenvalue weighted by Crippen LogP contribution is 2.47. The number of carbonyl (C=O) groups excluding carboxylic acids is 4. The number of primary amides is 1. The first-order valence-electron chi connectivity index (χ1n) is 12.1. The van der Waals surface area contributed by atoms with Crippen LogP contribution < -0.4 is 5.73 Å². The molecule has 4 rings (SSSR count). The van der Waals surface area contributed by atoms with E-state index in [1.807, 2.05) is 6.07 Å². The maximum Gasteiger partial charge on any atom is 0.412 e. The third-order valence-corrected chi connectivity index (χ3v) is 6.26. The third kappa shape index (κ3) is 5.22. The van der Waals surface area contributed by atoms with Crippen LogP contribution in [0.3, 0.4) is 0 Å². The Morgan fingerprint density at radius 3 is 1.97 bits per heavy atom. The van der Waals surface area contributed by atoms with Crippen LogP contribution in [0.5, 0.6) is 0 Å². The van der Waals surface area contributed by atoms with E-state index in [4.69, 9.17) is 19.9 Å². The van der Waals surface area contributed by atoms with Crippen LogP contribution >= 0.6 is 0 Å². The van der Waals surface area contributed by atoms with Gasteiger partial charge in [0, 0.05) is 0 Å². The van der Waals surface area contributed by atoms with E-state index < -0.39 is 48.0 Å². The summed E-state index contributed by atoms with van der Waals surface area (Å²) in [7, 11) is 0. The SMILES string of the molecule is CCOC(=O)[C@@]1(CC(N)=O)C(=O)O[C@H](c2ccccc2)[C@H](c2ccccc2)N1C(=O)OCc1ccccc1. The van der Waals surface area contributed by atoms with Crippen molar-refractivity contribution in [3.63, 3.8) is 0 Å². The summed E-state index contributed by atoms with van der Waals surface area (Å²) in [6.45, 7) is 1.29. The van der Waals surface area contributed by atoms with Crippen LogP contribution in [0.4, 0.5) is 4.79 Å². The molecule has 3 atom stereocenters. The Balaban J connectivity index is 1.90. The van der Waals surface area contributed by atoms with E-state index in [9.17, 15) is 19.2 Å². The van der Waals surface area contributed by atoms with E-state index in [1.165, 1.54) is 0 Å². The Bertz CT molecular complexity index is 1280. The zero-order chi connectivity index (χ0) is 27.1. The van der Waals surface area contributed by atoms with Crippen LogP contribution in [-0.2, 0) is 35.2 Å². The van der Waals surface area contributed by atoms with Gasteiger partial charge in [0.2, 0.25) is 5.91 Å². The largest absolute Gasteiger partial charge is 0.464 e. The summed E-state index contributed by atoms with van der Waals surface area (Å²) in [6, 6.07) is 25.4. The van der Waals surface area contributed by atoms with Crippen LogP contribution in [0, 0.1) is 0 Å². The molecule has 0 aromatic heterocycles. The molecule has 1 aliphatic heterocycles. The minimum Gasteiger partial charge on any atom is -0.464 e. The number of esters is 2. The van der Waals surface area contributed by atoms with Crippen molar-refractivity contribution in [1.29, 1.82) is 0 Å². The van der Waals surface area contributed by atoms with Gasteiger partial charge in [-0.05, 0) is 23.6 Å². The molecule has 9 heteroatoms. The molecule has 38 heavy (non-hydrogen) atoms. The Kier molecular flexibility index (Phi) is 8.06. The molecular formula is C29H28N2O7. The first kappa shape index (κ1) is 26.4. The number of cyclic esters (lactones) is 1. The minimum atomic E-state index is -2.50. The van der Waals surface area contributed by atoms with Gasteiger partial charge in [0.15, 0.2) is 6.10 Å². The summed E-state index contributed by atoms with van der Waals surface area (Å²) in [5.74, 6) is -3.26. The maximum absolute atomic E-state index is 13.9. The lowest BCUT2D eigenvalue weighted by Crippen LogP contribution is -2.69. The molecule has 0 radical (unpaired) electrons. The van der Waals surface area contributed by atoms with Gasteiger partial charge in [0.25, 0.3) is 5.54 Å². The van der Waals surface area contributed by atoms with E-state index in [-0.39, 0.29) is 13.2 Å². The molecule has 2 N–H and O–H groups in total. The van der Waals surface area contributed by atoms with Crippen molar-refractivity contribution < 1.29 is 33.4 Å². The summed E-state index contributed by atoms with van der Waals surface area (Å²) >= 11 is 0. The molecule has 0 spiro atoms. The second-order valence-corrected chi connectivity index (χ2v) is 8.73. The van der Waals surface area contributed by atoms with Crippen molar-refractivity contribution >= 4 is 23.9 Å². The smallest absolute Gasteiger partial charge is 0.412 e. The Hall–Kier alpha value is -4.66. The van der Waals surface area contributed by atoms with Gasteiger partial charge in [0.1, 0.15) is 12.6 Å². The van der Waals surface area contributed by atoms with Crippen LogP contribution in [0.15, 0.2) is 91.0 Å². The number of amides is 2. The van der Waals surface area contributed by atoms with E-state index in [0.29, 0.717) is 16.7 Å². The number of rotatable bonds is 8. The topological polar surface area (TPSA) is 125 Å². The van der Waals surface area contributed by atoms with Crippen molar-refractivity contribution in [2.24, 2.45) is 5.73 Å². The molecule has 1 heterocycles.